The molecule has 0 aromatic heterocycles. The highest BCUT2D eigenvalue weighted by molar-refractivity contribution is 6.16. The van der Waals surface area contributed by atoms with Gasteiger partial charge < -0.3 is 4.74 Å². The second-order valence-electron chi connectivity index (χ2n) is 4.20. The minimum absolute atomic E-state index is 0.222. The van der Waals surface area contributed by atoms with Gasteiger partial charge >= 0.3 is 5.97 Å². The zero-order valence-corrected chi connectivity index (χ0v) is 11.3. The first-order valence-electron chi connectivity index (χ1n) is 6.72. The SMILES string of the molecule is CCCCC/C=C(/C(=O)OCC)c1ccccc1. The van der Waals surface area contributed by atoms with Crippen LogP contribution in [0.4, 0.5) is 0 Å². The van der Waals surface area contributed by atoms with Crippen molar-refractivity contribution in [2.24, 2.45) is 0 Å². The molecule has 0 aliphatic heterocycles. The molecule has 1 aromatic carbocycles. The molecule has 0 saturated heterocycles. The predicted octanol–water partition coefficient (Wildman–Crippen LogP) is 4.21. The molecular weight excluding hydrogens is 224 g/mol. The van der Waals surface area contributed by atoms with Crippen molar-refractivity contribution in [2.45, 2.75) is 39.5 Å². The number of rotatable bonds is 7. The summed E-state index contributed by atoms with van der Waals surface area (Å²) in [6, 6.07) is 9.72. The minimum Gasteiger partial charge on any atom is -0.462 e. The number of hydrogen-bond acceptors (Lipinski definition) is 2. The van der Waals surface area contributed by atoms with E-state index in [1.807, 2.05) is 43.3 Å². The van der Waals surface area contributed by atoms with E-state index in [4.69, 9.17) is 4.74 Å². The van der Waals surface area contributed by atoms with Gasteiger partial charge in [0, 0.05) is 0 Å². The van der Waals surface area contributed by atoms with Crippen molar-refractivity contribution >= 4 is 11.5 Å². The molecule has 18 heavy (non-hydrogen) atoms. The van der Waals surface area contributed by atoms with Crippen LogP contribution >= 0.6 is 0 Å². The molecule has 0 unspecified atom stereocenters. The molecule has 0 radical (unpaired) electrons. The summed E-state index contributed by atoms with van der Waals surface area (Å²) in [4.78, 5) is 11.9. The van der Waals surface area contributed by atoms with Crippen LogP contribution < -0.4 is 0 Å². The van der Waals surface area contributed by atoms with Crippen molar-refractivity contribution in [1.29, 1.82) is 0 Å². The van der Waals surface area contributed by atoms with E-state index in [0.29, 0.717) is 12.2 Å². The highest BCUT2D eigenvalue weighted by Gasteiger charge is 2.11. The average molecular weight is 246 g/mol. The summed E-state index contributed by atoms with van der Waals surface area (Å²) < 4.78 is 5.11. The molecule has 0 heterocycles. The molecule has 0 aliphatic rings. The van der Waals surface area contributed by atoms with Crippen molar-refractivity contribution < 1.29 is 9.53 Å². The number of benzene rings is 1. The number of esters is 1. The van der Waals surface area contributed by atoms with Gasteiger partial charge in [-0.2, -0.15) is 0 Å². The topological polar surface area (TPSA) is 26.3 Å². The Kier molecular flexibility index (Phi) is 6.85. The van der Waals surface area contributed by atoms with Crippen LogP contribution in [-0.2, 0) is 9.53 Å². The fourth-order valence-electron chi connectivity index (χ4n) is 1.79. The second kappa shape index (κ2) is 8.51. The van der Waals surface area contributed by atoms with E-state index >= 15 is 0 Å². The van der Waals surface area contributed by atoms with Crippen LogP contribution in [0.25, 0.3) is 5.57 Å². The van der Waals surface area contributed by atoms with E-state index in [1.54, 1.807) is 0 Å². The van der Waals surface area contributed by atoms with Gasteiger partial charge in [0.15, 0.2) is 0 Å². The minimum atomic E-state index is -0.222. The Morgan fingerprint density at radius 3 is 2.50 bits per heavy atom. The van der Waals surface area contributed by atoms with Gasteiger partial charge in [0.1, 0.15) is 0 Å². The van der Waals surface area contributed by atoms with Crippen LogP contribution in [0.2, 0.25) is 0 Å². The van der Waals surface area contributed by atoms with Crippen LogP contribution in [0.3, 0.4) is 0 Å². The highest BCUT2D eigenvalue weighted by atomic mass is 16.5. The van der Waals surface area contributed by atoms with E-state index < -0.39 is 0 Å². The molecular formula is C16H22O2. The molecule has 0 atom stereocenters. The summed E-state index contributed by atoms with van der Waals surface area (Å²) in [5, 5.41) is 0. The third-order valence-corrected chi connectivity index (χ3v) is 2.74. The molecule has 0 N–H and O–H groups in total. The van der Waals surface area contributed by atoms with Gasteiger partial charge in [-0.1, -0.05) is 56.2 Å². The zero-order chi connectivity index (χ0) is 13.2. The van der Waals surface area contributed by atoms with Crippen molar-refractivity contribution in [2.75, 3.05) is 6.61 Å². The number of ether oxygens (including phenoxy) is 1. The van der Waals surface area contributed by atoms with Crippen LogP contribution in [0.1, 0.15) is 45.1 Å². The Balaban J connectivity index is 2.78. The lowest BCUT2D eigenvalue weighted by atomic mass is 10.0. The first-order valence-corrected chi connectivity index (χ1v) is 6.72. The first-order chi connectivity index (χ1) is 8.79. The first kappa shape index (κ1) is 14.5. The largest absolute Gasteiger partial charge is 0.462 e. The quantitative estimate of drug-likeness (QED) is 0.409. The van der Waals surface area contributed by atoms with E-state index in [1.165, 1.54) is 12.8 Å². The maximum Gasteiger partial charge on any atom is 0.338 e. The number of unbranched alkanes of at least 4 members (excludes halogenated alkanes) is 3. The van der Waals surface area contributed by atoms with Crippen LogP contribution in [0.5, 0.6) is 0 Å². The molecule has 1 rings (SSSR count). The van der Waals surface area contributed by atoms with Gasteiger partial charge in [-0.05, 0) is 25.3 Å². The normalized spacial score (nSPS) is 11.3. The number of carbonyl (C=O) groups is 1. The van der Waals surface area contributed by atoms with Gasteiger partial charge in [0.25, 0.3) is 0 Å². The van der Waals surface area contributed by atoms with Crippen molar-refractivity contribution in [3.05, 3.63) is 42.0 Å². The van der Waals surface area contributed by atoms with Crippen LogP contribution in [-0.4, -0.2) is 12.6 Å². The van der Waals surface area contributed by atoms with E-state index in [-0.39, 0.29) is 5.97 Å². The van der Waals surface area contributed by atoms with Crippen molar-refractivity contribution in [3.63, 3.8) is 0 Å². The van der Waals surface area contributed by atoms with Gasteiger partial charge in [0.2, 0.25) is 0 Å². The van der Waals surface area contributed by atoms with Gasteiger partial charge in [-0.3, -0.25) is 0 Å². The number of carbonyl (C=O) groups excluding carboxylic acids is 1. The van der Waals surface area contributed by atoms with Crippen molar-refractivity contribution in [3.8, 4) is 0 Å². The van der Waals surface area contributed by atoms with E-state index in [9.17, 15) is 4.79 Å². The molecule has 0 spiro atoms. The Morgan fingerprint density at radius 1 is 1.17 bits per heavy atom. The van der Waals surface area contributed by atoms with Crippen LogP contribution in [0.15, 0.2) is 36.4 Å². The van der Waals surface area contributed by atoms with Crippen molar-refractivity contribution in [1.82, 2.24) is 0 Å². The lowest BCUT2D eigenvalue weighted by Gasteiger charge is -2.07. The Morgan fingerprint density at radius 2 is 1.89 bits per heavy atom. The van der Waals surface area contributed by atoms with Crippen LogP contribution in [0, 0.1) is 0 Å². The maximum atomic E-state index is 11.9. The molecule has 0 aliphatic carbocycles. The van der Waals surface area contributed by atoms with Gasteiger partial charge in [-0.15, -0.1) is 0 Å². The standard InChI is InChI=1S/C16H22O2/c1-3-5-6-10-13-15(16(17)18-4-2)14-11-8-7-9-12-14/h7-9,11-13H,3-6,10H2,1-2H3/b15-13+. The summed E-state index contributed by atoms with van der Waals surface area (Å²) in [5.41, 5.74) is 1.63. The summed E-state index contributed by atoms with van der Waals surface area (Å²) >= 11 is 0. The highest BCUT2D eigenvalue weighted by Crippen LogP contribution is 2.17. The molecule has 2 heteroatoms. The molecule has 98 valence electrons. The van der Waals surface area contributed by atoms with E-state index in [2.05, 4.69) is 6.92 Å². The molecule has 0 amide bonds. The lowest BCUT2D eigenvalue weighted by molar-refractivity contribution is -0.136. The summed E-state index contributed by atoms with van der Waals surface area (Å²) in [5.74, 6) is -0.222. The van der Waals surface area contributed by atoms with Gasteiger partial charge in [0.05, 0.1) is 12.2 Å². The lowest BCUT2D eigenvalue weighted by Crippen LogP contribution is -2.06. The molecule has 2 nitrogen and oxygen atoms in total. The third-order valence-electron chi connectivity index (χ3n) is 2.74. The van der Waals surface area contributed by atoms with E-state index in [0.717, 1.165) is 18.4 Å². The zero-order valence-electron chi connectivity index (χ0n) is 11.3. The number of allylic oxidation sites excluding steroid dienone is 1. The van der Waals surface area contributed by atoms with Gasteiger partial charge in [-0.25, -0.2) is 4.79 Å². The Bertz CT molecular complexity index is 379. The molecule has 0 fully saturated rings. The average Bonchev–Trinajstić information content (AvgIpc) is 2.40. The third kappa shape index (κ3) is 4.74. The number of hydrogen-bond donors (Lipinski definition) is 0. The monoisotopic (exact) mass is 246 g/mol. The maximum absolute atomic E-state index is 11.9. The summed E-state index contributed by atoms with van der Waals surface area (Å²) in [7, 11) is 0. The fourth-order valence-corrected chi connectivity index (χ4v) is 1.79. The second-order valence-corrected chi connectivity index (χ2v) is 4.20. The Labute approximate surface area is 110 Å². The Hall–Kier alpha value is -1.57. The fraction of sp³-hybridized carbons (Fsp3) is 0.438. The molecule has 1 aromatic rings. The predicted molar refractivity (Wildman–Crippen MR) is 75.2 cm³/mol. The summed E-state index contributed by atoms with van der Waals surface area (Å²) in [6.07, 6.45) is 6.43. The smallest absolute Gasteiger partial charge is 0.338 e. The molecule has 0 saturated carbocycles. The summed E-state index contributed by atoms with van der Waals surface area (Å²) in [6.45, 7) is 4.42. The molecule has 0 bridgehead atoms.